The number of nitrogens with zero attached hydrogens (tertiary/aromatic N) is 1. The molecule has 0 atom stereocenters. The maximum Gasteiger partial charge on any atom is 0.0645 e. The summed E-state index contributed by atoms with van der Waals surface area (Å²) in [5, 5.41) is 4.37. The summed E-state index contributed by atoms with van der Waals surface area (Å²) in [6.07, 6.45) is 0. The highest BCUT2D eigenvalue weighted by molar-refractivity contribution is 5.99. The van der Waals surface area contributed by atoms with Crippen molar-refractivity contribution in [3.05, 3.63) is 188 Å². The molecule has 212 valence electrons. The van der Waals surface area contributed by atoms with Gasteiger partial charge in [-0.3, -0.25) is 0 Å². The second-order valence-corrected chi connectivity index (χ2v) is 11.1. The molecule has 0 aliphatic carbocycles. The second-order valence-electron chi connectivity index (χ2n) is 11.1. The van der Waals surface area contributed by atoms with Crippen LogP contribution >= 0.6 is 0 Å². The number of anilines is 3. The molecule has 1 nitrogen and oxygen atoms in total. The Bertz CT molecular complexity index is 2450. The highest BCUT2D eigenvalue weighted by atomic mass is 15.1. The van der Waals surface area contributed by atoms with Crippen molar-refractivity contribution in [2.45, 2.75) is 0 Å². The number of hydrogen-bond acceptors (Lipinski definition) is 1. The van der Waals surface area contributed by atoms with E-state index in [1.54, 1.807) is 0 Å². The molecule has 8 aromatic carbocycles. The van der Waals surface area contributed by atoms with Gasteiger partial charge in [0.1, 0.15) is 0 Å². The van der Waals surface area contributed by atoms with E-state index >= 15 is 0 Å². The molecule has 0 saturated carbocycles. The Morgan fingerprint density at radius 2 is 0.911 bits per heavy atom. The first-order chi connectivity index (χ1) is 24.0. The number of fused-ring (bicyclic) bond motifs is 2. The van der Waals surface area contributed by atoms with E-state index in [4.69, 9.17) is 2.74 Å². The van der Waals surface area contributed by atoms with Crippen molar-refractivity contribution in [2.24, 2.45) is 0 Å². The lowest BCUT2D eigenvalue weighted by molar-refractivity contribution is 1.30. The SMILES string of the molecule is [2H]c1c([2H])c(N(c2ccc(-c3cccc(-c4cccc5ccccc45)c3)cc2)c2cccc3ccccc23)c([2H])c([2H])c1-c1ccccc1. The summed E-state index contributed by atoms with van der Waals surface area (Å²) in [6.45, 7) is 0. The molecule has 0 amide bonds. The van der Waals surface area contributed by atoms with Crippen molar-refractivity contribution < 1.29 is 5.48 Å². The molecule has 0 heterocycles. The minimum absolute atomic E-state index is 0.0747. The van der Waals surface area contributed by atoms with Crippen LogP contribution in [0, 0.1) is 0 Å². The molecule has 1 heteroatoms. The van der Waals surface area contributed by atoms with Crippen molar-refractivity contribution >= 4 is 38.6 Å². The summed E-state index contributed by atoms with van der Waals surface area (Å²) in [6, 6.07) is 54.4. The molecule has 0 aliphatic heterocycles. The van der Waals surface area contributed by atoms with Crippen LogP contribution < -0.4 is 4.90 Å². The van der Waals surface area contributed by atoms with Gasteiger partial charge in [0.05, 0.1) is 11.2 Å². The third-order valence-corrected chi connectivity index (χ3v) is 8.33. The van der Waals surface area contributed by atoms with Crippen molar-refractivity contribution in [3.63, 3.8) is 0 Å². The highest BCUT2D eigenvalue weighted by Gasteiger charge is 2.16. The zero-order chi connectivity index (χ0) is 33.5. The fraction of sp³-hybridized carbons (Fsp3) is 0. The molecule has 0 unspecified atom stereocenters. The van der Waals surface area contributed by atoms with Crippen LogP contribution in [0.25, 0.3) is 54.9 Å². The average Bonchev–Trinajstić information content (AvgIpc) is 3.16. The number of benzene rings is 8. The number of rotatable bonds is 6. The molecule has 45 heavy (non-hydrogen) atoms. The quantitative estimate of drug-likeness (QED) is 0.190. The van der Waals surface area contributed by atoms with Crippen LogP contribution in [-0.2, 0) is 0 Å². The van der Waals surface area contributed by atoms with E-state index in [1.165, 1.54) is 16.3 Å². The Hall–Kier alpha value is -5.92. The van der Waals surface area contributed by atoms with Crippen LogP contribution in [0.2, 0.25) is 0 Å². The van der Waals surface area contributed by atoms with Gasteiger partial charge in [-0.25, -0.2) is 0 Å². The molecule has 0 saturated heterocycles. The zero-order valence-corrected chi connectivity index (χ0v) is 24.5. The molecule has 8 aromatic rings. The lowest BCUT2D eigenvalue weighted by Gasteiger charge is -2.27. The average molecular weight is 578 g/mol. The molecule has 0 aromatic heterocycles. The Balaban J connectivity index is 1.27. The Kier molecular flexibility index (Phi) is 5.84. The smallest absolute Gasteiger partial charge is 0.0645 e. The Morgan fingerprint density at radius 3 is 1.69 bits per heavy atom. The monoisotopic (exact) mass is 577 g/mol. The van der Waals surface area contributed by atoms with Gasteiger partial charge in [-0.05, 0) is 85.9 Å². The van der Waals surface area contributed by atoms with E-state index in [0.717, 1.165) is 38.8 Å². The van der Waals surface area contributed by atoms with Crippen molar-refractivity contribution in [1.82, 2.24) is 0 Å². The van der Waals surface area contributed by atoms with Crippen LogP contribution in [-0.4, -0.2) is 0 Å². The minimum atomic E-state index is -0.0975. The summed E-state index contributed by atoms with van der Waals surface area (Å²) in [5.41, 5.74) is 7.08. The van der Waals surface area contributed by atoms with Gasteiger partial charge in [-0.1, -0.05) is 152 Å². The molecular weight excluding hydrogens is 542 g/mol. The van der Waals surface area contributed by atoms with Crippen molar-refractivity contribution in [3.8, 4) is 33.4 Å². The zero-order valence-electron chi connectivity index (χ0n) is 28.5. The van der Waals surface area contributed by atoms with E-state index in [1.807, 2.05) is 89.8 Å². The van der Waals surface area contributed by atoms with Gasteiger partial charge in [0, 0.05) is 16.8 Å². The van der Waals surface area contributed by atoms with Gasteiger partial charge in [0.25, 0.3) is 0 Å². The van der Waals surface area contributed by atoms with Crippen molar-refractivity contribution in [2.75, 3.05) is 4.90 Å². The Labute approximate surface area is 269 Å². The highest BCUT2D eigenvalue weighted by Crippen LogP contribution is 2.40. The molecule has 0 radical (unpaired) electrons. The van der Waals surface area contributed by atoms with Crippen LogP contribution in [0.5, 0.6) is 0 Å². The van der Waals surface area contributed by atoms with Crippen LogP contribution in [0.1, 0.15) is 5.48 Å². The van der Waals surface area contributed by atoms with E-state index in [2.05, 4.69) is 78.9 Å². The number of hydrogen-bond donors (Lipinski definition) is 0. The summed E-state index contributed by atoms with van der Waals surface area (Å²) in [7, 11) is 0. The van der Waals surface area contributed by atoms with Gasteiger partial charge in [0.2, 0.25) is 0 Å². The molecule has 0 bridgehead atoms. The maximum absolute atomic E-state index is 9.27. The molecule has 0 aliphatic rings. The summed E-state index contributed by atoms with van der Waals surface area (Å²) >= 11 is 0. The summed E-state index contributed by atoms with van der Waals surface area (Å²) in [4.78, 5) is 1.87. The van der Waals surface area contributed by atoms with Gasteiger partial charge in [-0.15, -0.1) is 0 Å². The minimum Gasteiger partial charge on any atom is -0.310 e. The van der Waals surface area contributed by atoms with E-state index in [0.29, 0.717) is 11.1 Å². The van der Waals surface area contributed by atoms with Crippen molar-refractivity contribution in [1.29, 1.82) is 0 Å². The summed E-state index contributed by atoms with van der Waals surface area (Å²) < 4.78 is 36.7. The van der Waals surface area contributed by atoms with E-state index in [-0.39, 0.29) is 29.9 Å². The van der Waals surface area contributed by atoms with Crippen LogP contribution in [0.3, 0.4) is 0 Å². The predicted octanol–water partition coefficient (Wildman–Crippen LogP) is 12.5. The fourth-order valence-corrected chi connectivity index (χ4v) is 6.11. The van der Waals surface area contributed by atoms with Gasteiger partial charge in [0.15, 0.2) is 0 Å². The fourth-order valence-electron chi connectivity index (χ4n) is 6.11. The van der Waals surface area contributed by atoms with Crippen LogP contribution in [0.4, 0.5) is 17.1 Å². The first-order valence-corrected chi connectivity index (χ1v) is 15.1. The molecular formula is C44H31N. The van der Waals surface area contributed by atoms with Gasteiger partial charge < -0.3 is 4.90 Å². The third kappa shape index (κ3) is 5.15. The molecule has 8 rings (SSSR count). The summed E-state index contributed by atoms with van der Waals surface area (Å²) in [5.74, 6) is 0. The van der Waals surface area contributed by atoms with Crippen LogP contribution in [0.15, 0.2) is 188 Å². The predicted molar refractivity (Wildman–Crippen MR) is 192 cm³/mol. The van der Waals surface area contributed by atoms with Gasteiger partial charge >= 0.3 is 0 Å². The molecule has 0 fully saturated rings. The van der Waals surface area contributed by atoms with E-state index in [9.17, 15) is 2.74 Å². The lowest BCUT2D eigenvalue weighted by atomic mass is 9.95. The first-order valence-electron chi connectivity index (χ1n) is 17.1. The molecule has 0 N–H and O–H groups in total. The lowest BCUT2D eigenvalue weighted by Crippen LogP contribution is -2.10. The third-order valence-electron chi connectivity index (χ3n) is 8.33. The molecule has 0 spiro atoms. The topological polar surface area (TPSA) is 3.24 Å². The van der Waals surface area contributed by atoms with E-state index < -0.39 is 0 Å². The first kappa shape index (κ1) is 22.6. The second kappa shape index (κ2) is 11.6. The maximum atomic E-state index is 9.27. The largest absolute Gasteiger partial charge is 0.310 e. The standard InChI is InChI=1S/C44H31N/c1-2-11-32(12-3-1)33-23-27-39(28-24-33)45(44-22-10-16-36-14-5-7-20-43(36)44)40-29-25-34(26-30-40)37-17-8-18-38(31-37)42-21-9-15-35-13-4-6-19-41(35)42/h1-31H/i23D,24D,27D,28D. The van der Waals surface area contributed by atoms with Gasteiger partial charge in [-0.2, -0.15) is 0 Å². The normalized spacial score (nSPS) is 12.4. The Morgan fingerprint density at radius 1 is 0.356 bits per heavy atom.